The van der Waals surface area contributed by atoms with Gasteiger partial charge in [-0.15, -0.1) is 0 Å². The SMILES string of the molecule is CCC1C(O)=C(F)C=CC1C. The van der Waals surface area contributed by atoms with Gasteiger partial charge in [-0.3, -0.25) is 0 Å². The molecular formula is C9H13FO. The van der Waals surface area contributed by atoms with Crippen molar-refractivity contribution < 1.29 is 9.50 Å². The molecule has 0 heterocycles. The largest absolute Gasteiger partial charge is 0.509 e. The van der Waals surface area contributed by atoms with E-state index in [9.17, 15) is 9.50 Å². The number of hydrogen-bond donors (Lipinski definition) is 1. The molecule has 0 saturated carbocycles. The second kappa shape index (κ2) is 3.07. The van der Waals surface area contributed by atoms with Gasteiger partial charge in [-0.25, -0.2) is 4.39 Å². The van der Waals surface area contributed by atoms with Crippen LogP contribution in [0.4, 0.5) is 4.39 Å². The van der Waals surface area contributed by atoms with E-state index in [4.69, 9.17) is 0 Å². The van der Waals surface area contributed by atoms with E-state index in [0.29, 0.717) is 0 Å². The molecule has 1 aliphatic carbocycles. The molecule has 1 nitrogen and oxygen atoms in total. The first-order chi connectivity index (χ1) is 5.16. The van der Waals surface area contributed by atoms with Gasteiger partial charge in [0.25, 0.3) is 0 Å². The summed E-state index contributed by atoms with van der Waals surface area (Å²) in [5.74, 6) is -0.336. The molecule has 1 N–H and O–H groups in total. The molecule has 0 amide bonds. The summed E-state index contributed by atoms with van der Waals surface area (Å²) >= 11 is 0. The molecule has 0 aromatic carbocycles. The Morgan fingerprint density at radius 2 is 2.27 bits per heavy atom. The molecule has 2 heteroatoms. The number of aliphatic hydroxyl groups is 1. The summed E-state index contributed by atoms with van der Waals surface area (Å²) in [6.07, 6.45) is 3.92. The molecule has 0 radical (unpaired) electrons. The third-order valence-corrected chi connectivity index (χ3v) is 2.22. The summed E-state index contributed by atoms with van der Waals surface area (Å²) in [7, 11) is 0. The molecule has 0 bridgehead atoms. The summed E-state index contributed by atoms with van der Waals surface area (Å²) in [6, 6.07) is 0. The second-order valence-electron chi connectivity index (χ2n) is 2.97. The topological polar surface area (TPSA) is 20.2 Å². The third kappa shape index (κ3) is 1.44. The highest BCUT2D eigenvalue weighted by Crippen LogP contribution is 2.30. The van der Waals surface area contributed by atoms with Crippen molar-refractivity contribution in [3.8, 4) is 0 Å². The van der Waals surface area contributed by atoms with Gasteiger partial charge in [-0.05, 0) is 18.4 Å². The first kappa shape index (κ1) is 8.31. The predicted octanol–water partition coefficient (Wildman–Crippen LogP) is 2.96. The Balaban J connectivity index is 2.87. The van der Waals surface area contributed by atoms with Crippen LogP contribution in [0.3, 0.4) is 0 Å². The highest BCUT2D eigenvalue weighted by Gasteiger charge is 2.23. The minimum absolute atomic E-state index is 0.0278. The van der Waals surface area contributed by atoms with Crippen molar-refractivity contribution in [3.63, 3.8) is 0 Å². The van der Waals surface area contributed by atoms with Crippen LogP contribution in [0.15, 0.2) is 23.7 Å². The fraction of sp³-hybridized carbons (Fsp3) is 0.556. The lowest BCUT2D eigenvalue weighted by molar-refractivity contribution is 0.266. The van der Waals surface area contributed by atoms with E-state index in [0.717, 1.165) is 6.42 Å². The Bertz CT molecular complexity index is 206. The highest BCUT2D eigenvalue weighted by atomic mass is 19.1. The molecule has 0 aliphatic heterocycles. The Morgan fingerprint density at radius 3 is 2.73 bits per heavy atom. The third-order valence-electron chi connectivity index (χ3n) is 2.22. The van der Waals surface area contributed by atoms with Gasteiger partial charge in [-0.2, -0.15) is 0 Å². The van der Waals surface area contributed by atoms with Crippen LogP contribution in [0, 0.1) is 11.8 Å². The van der Waals surface area contributed by atoms with Gasteiger partial charge in [0.05, 0.1) is 0 Å². The molecule has 0 aromatic rings. The van der Waals surface area contributed by atoms with Gasteiger partial charge in [0.15, 0.2) is 5.83 Å². The summed E-state index contributed by atoms with van der Waals surface area (Å²) in [6.45, 7) is 3.93. The smallest absolute Gasteiger partial charge is 0.160 e. The lowest BCUT2D eigenvalue weighted by Gasteiger charge is -2.22. The second-order valence-corrected chi connectivity index (χ2v) is 2.97. The van der Waals surface area contributed by atoms with Crippen LogP contribution in [-0.2, 0) is 0 Å². The van der Waals surface area contributed by atoms with Crippen LogP contribution in [-0.4, -0.2) is 5.11 Å². The molecule has 0 aromatic heterocycles. The zero-order valence-corrected chi connectivity index (χ0v) is 6.84. The zero-order valence-electron chi connectivity index (χ0n) is 6.84. The summed E-state index contributed by atoms with van der Waals surface area (Å²) in [4.78, 5) is 0. The van der Waals surface area contributed by atoms with E-state index in [2.05, 4.69) is 0 Å². The highest BCUT2D eigenvalue weighted by molar-refractivity contribution is 5.23. The van der Waals surface area contributed by atoms with Gasteiger partial charge in [0.2, 0.25) is 0 Å². The average molecular weight is 156 g/mol. The normalized spacial score (nSPS) is 31.2. The monoisotopic (exact) mass is 156 g/mol. The van der Waals surface area contributed by atoms with Crippen molar-refractivity contribution in [1.29, 1.82) is 0 Å². The zero-order chi connectivity index (χ0) is 8.43. The Labute approximate surface area is 66.2 Å². The Morgan fingerprint density at radius 1 is 1.64 bits per heavy atom. The van der Waals surface area contributed by atoms with Crippen LogP contribution >= 0.6 is 0 Å². The van der Waals surface area contributed by atoms with Gasteiger partial charge < -0.3 is 5.11 Å². The molecular weight excluding hydrogens is 143 g/mol. The van der Waals surface area contributed by atoms with Gasteiger partial charge >= 0.3 is 0 Å². The van der Waals surface area contributed by atoms with Crippen molar-refractivity contribution >= 4 is 0 Å². The maximum Gasteiger partial charge on any atom is 0.160 e. The Kier molecular flexibility index (Phi) is 2.32. The van der Waals surface area contributed by atoms with E-state index in [1.807, 2.05) is 13.8 Å². The number of allylic oxidation sites excluding steroid dienone is 4. The Hall–Kier alpha value is -0.790. The quantitative estimate of drug-likeness (QED) is 0.618. The standard InChI is InChI=1S/C9H13FO/c1-3-7-6(2)4-5-8(10)9(7)11/h4-7,11H,3H2,1-2H3. The average Bonchev–Trinajstić information content (AvgIpc) is 1.99. The fourth-order valence-electron chi connectivity index (χ4n) is 1.45. The molecule has 1 aliphatic rings. The molecule has 11 heavy (non-hydrogen) atoms. The van der Waals surface area contributed by atoms with Crippen LogP contribution in [0.1, 0.15) is 20.3 Å². The lowest BCUT2D eigenvalue weighted by Crippen LogP contribution is -2.15. The maximum absolute atomic E-state index is 12.7. The van der Waals surface area contributed by atoms with Crippen LogP contribution in [0.2, 0.25) is 0 Å². The molecule has 0 fully saturated rings. The predicted molar refractivity (Wildman–Crippen MR) is 42.8 cm³/mol. The summed E-state index contributed by atoms with van der Waals surface area (Å²) in [5.41, 5.74) is 0. The molecule has 2 unspecified atom stereocenters. The van der Waals surface area contributed by atoms with E-state index < -0.39 is 5.83 Å². The molecule has 0 spiro atoms. The first-order valence-corrected chi connectivity index (χ1v) is 3.93. The van der Waals surface area contributed by atoms with Gasteiger partial charge in [-0.1, -0.05) is 19.9 Å². The lowest BCUT2D eigenvalue weighted by atomic mass is 9.86. The van der Waals surface area contributed by atoms with E-state index in [1.165, 1.54) is 6.08 Å². The van der Waals surface area contributed by atoms with Crippen LogP contribution in [0.25, 0.3) is 0 Å². The first-order valence-electron chi connectivity index (χ1n) is 3.93. The fourth-order valence-corrected chi connectivity index (χ4v) is 1.45. The minimum atomic E-state index is -0.477. The number of halogens is 1. The number of rotatable bonds is 1. The van der Waals surface area contributed by atoms with E-state index in [1.54, 1.807) is 6.08 Å². The van der Waals surface area contributed by atoms with Crippen molar-refractivity contribution in [2.45, 2.75) is 20.3 Å². The molecule has 62 valence electrons. The maximum atomic E-state index is 12.7. The van der Waals surface area contributed by atoms with Gasteiger partial charge in [0.1, 0.15) is 5.76 Å². The van der Waals surface area contributed by atoms with Crippen LogP contribution in [0.5, 0.6) is 0 Å². The van der Waals surface area contributed by atoms with Crippen molar-refractivity contribution in [2.24, 2.45) is 11.8 Å². The molecule has 0 saturated heterocycles. The summed E-state index contributed by atoms with van der Waals surface area (Å²) < 4.78 is 12.7. The summed E-state index contributed by atoms with van der Waals surface area (Å²) in [5, 5.41) is 9.26. The molecule has 2 atom stereocenters. The number of hydrogen-bond acceptors (Lipinski definition) is 1. The van der Waals surface area contributed by atoms with Crippen molar-refractivity contribution in [2.75, 3.05) is 0 Å². The number of aliphatic hydroxyl groups excluding tert-OH is 1. The van der Waals surface area contributed by atoms with Crippen molar-refractivity contribution in [3.05, 3.63) is 23.7 Å². The van der Waals surface area contributed by atoms with Gasteiger partial charge in [0, 0.05) is 5.92 Å². The van der Waals surface area contributed by atoms with E-state index >= 15 is 0 Å². The minimum Gasteiger partial charge on any atom is -0.509 e. The van der Waals surface area contributed by atoms with E-state index in [-0.39, 0.29) is 17.6 Å². The molecule has 1 rings (SSSR count). The van der Waals surface area contributed by atoms with Crippen molar-refractivity contribution in [1.82, 2.24) is 0 Å². The van der Waals surface area contributed by atoms with Crippen LogP contribution < -0.4 is 0 Å².